The van der Waals surface area contributed by atoms with Gasteiger partial charge >= 0.3 is 6.18 Å². The van der Waals surface area contributed by atoms with Crippen molar-refractivity contribution in [1.82, 2.24) is 15.2 Å². The second kappa shape index (κ2) is 3.51. The lowest BCUT2D eigenvalue weighted by molar-refractivity contribution is -0.140. The molecule has 2 rings (SSSR count). The molecule has 0 radical (unpaired) electrons. The van der Waals surface area contributed by atoms with Crippen molar-refractivity contribution in [2.24, 2.45) is 0 Å². The zero-order valence-electron chi connectivity index (χ0n) is 7.92. The third-order valence-corrected chi connectivity index (χ3v) is 1.98. The number of halogens is 3. The van der Waals surface area contributed by atoms with Gasteiger partial charge in [-0.15, -0.1) is 0 Å². The fourth-order valence-corrected chi connectivity index (χ4v) is 1.33. The molecular formula is C9H7F3N4. The molecule has 0 aromatic carbocycles. The summed E-state index contributed by atoms with van der Waals surface area (Å²) < 4.78 is 37.7. The first-order chi connectivity index (χ1) is 7.50. The summed E-state index contributed by atoms with van der Waals surface area (Å²) in [6, 6.07) is 4.62. The summed E-state index contributed by atoms with van der Waals surface area (Å²) in [6.07, 6.45) is -3.16. The van der Waals surface area contributed by atoms with E-state index in [0.29, 0.717) is 0 Å². The lowest BCUT2D eigenvalue weighted by Crippen LogP contribution is -2.07. The number of anilines is 1. The Morgan fingerprint density at radius 3 is 2.56 bits per heavy atom. The number of hydrogen-bond donors (Lipinski definition) is 2. The number of nitrogens with zero attached hydrogens (tertiary/aromatic N) is 2. The third-order valence-electron chi connectivity index (χ3n) is 1.98. The van der Waals surface area contributed by atoms with Crippen LogP contribution in [-0.4, -0.2) is 15.2 Å². The zero-order valence-corrected chi connectivity index (χ0v) is 7.92. The van der Waals surface area contributed by atoms with E-state index in [2.05, 4.69) is 15.2 Å². The Labute approximate surface area is 88.3 Å². The molecule has 0 aliphatic rings. The van der Waals surface area contributed by atoms with Gasteiger partial charge in [-0.1, -0.05) is 6.07 Å². The number of H-pyrrole nitrogens is 1. The van der Waals surface area contributed by atoms with Gasteiger partial charge in [-0.25, -0.2) is 0 Å². The minimum atomic E-state index is -4.55. The lowest BCUT2D eigenvalue weighted by Gasteiger charge is -2.05. The molecular weight excluding hydrogens is 221 g/mol. The predicted molar refractivity (Wildman–Crippen MR) is 51.2 cm³/mol. The second-order valence-corrected chi connectivity index (χ2v) is 3.07. The van der Waals surface area contributed by atoms with Crippen LogP contribution < -0.4 is 5.73 Å². The van der Waals surface area contributed by atoms with Gasteiger partial charge in [0.2, 0.25) is 0 Å². The highest BCUT2D eigenvalue weighted by Gasteiger charge is 2.38. The highest BCUT2D eigenvalue weighted by Crippen LogP contribution is 2.37. The average Bonchev–Trinajstić information content (AvgIpc) is 2.61. The molecule has 0 saturated carbocycles. The number of aromatic nitrogens is 3. The van der Waals surface area contributed by atoms with Crippen LogP contribution in [0.2, 0.25) is 0 Å². The summed E-state index contributed by atoms with van der Waals surface area (Å²) in [5.74, 6) is -0.147. The van der Waals surface area contributed by atoms with E-state index in [-0.39, 0.29) is 17.1 Å². The molecule has 0 atom stereocenters. The highest BCUT2D eigenvalue weighted by molar-refractivity contribution is 5.73. The van der Waals surface area contributed by atoms with Crippen LogP contribution in [0, 0.1) is 0 Å². The van der Waals surface area contributed by atoms with Gasteiger partial charge in [0, 0.05) is 6.20 Å². The Hall–Kier alpha value is -2.05. The second-order valence-electron chi connectivity index (χ2n) is 3.07. The first-order valence-corrected chi connectivity index (χ1v) is 4.32. The van der Waals surface area contributed by atoms with Crippen LogP contribution in [-0.2, 0) is 6.18 Å². The minimum absolute atomic E-state index is 0.140. The van der Waals surface area contributed by atoms with Crippen LogP contribution in [0.4, 0.5) is 19.0 Å². The van der Waals surface area contributed by atoms with E-state index in [1.54, 1.807) is 12.1 Å². The summed E-state index contributed by atoms with van der Waals surface area (Å²) in [7, 11) is 0. The molecule has 84 valence electrons. The minimum Gasteiger partial charge on any atom is -0.384 e. The maximum Gasteiger partial charge on any atom is 0.435 e. The molecule has 0 spiro atoms. The molecule has 0 saturated heterocycles. The van der Waals surface area contributed by atoms with E-state index in [4.69, 9.17) is 5.73 Å². The average molecular weight is 228 g/mol. The molecule has 16 heavy (non-hydrogen) atoms. The number of nitrogen functional groups attached to an aromatic ring is 1. The number of pyridine rings is 1. The van der Waals surface area contributed by atoms with Crippen LogP contribution in [0.3, 0.4) is 0 Å². The number of rotatable bonds is 1. The Kier molecular flexibility index (Phi) is 2.30. The van der Waals surface area contributed by atoms with Gasteiger partial charge in [0.15, 0.2) is 5.69 Å². The Morgan fingerprint density at radius 1 is 1.25 bits per heavy atom. The van der Waals surface area contributed by atoms with Crippen molar-refractivity contribution in [2.45, 2.75) is 6.18 Å². The quantitative estimate of drug-likeness (QED) is 0.785. The molecule has 0 fully saturated rings. The summed E-state index contributed by atoms with van der Waals surface area (Å²) in [6.45, 7) is 0. The lowest BCUT2D eigenvalue weighted by atomic mass is 10.1. The zero-order chi connectivity index (χ0) is 11.8. The molecule has 7 heteroatoms. The van der Waals surface area contributed by atoms with E-state index in [9.17, 15) is 13.2 Å². The third kappa shape index (κ3) is 1.71. The molecule has 4 nitrogen and oxygen atoms in total. The van der Waals surface area contributed by atoms with E-state index in [1.807, 2.05) is 0 Å². The van der Waals surface area contributed by atoms with Crippen molar-refractivity contribution in [1.29, 1.82) is 0 Å². The van der Waals surface area contributed by atoms with Crippen molar-refractivity contribution in [2.75, 3.05) is 5.73 Å². The number of nitrogens with two attached hydrogens (primary N) is 1. The molecule has 2 aromatic heterocycles. The smallest absolute Gasteiger partial charge is 0.384 e. The summed E-state index contributed by atoms with van der Waals surface area (Å²) in [4.78, 5) is 3.82. The van der Waals surface area contributed by atoms with E-state index in [1.165, 1.54) is 12.3 Å². The van der Waals surface area contributed by atoms with Crippen LogP contribution in [0.15, 0.2) is 24.4 Å². The highest BCUT2D eigenvalue weighted by atomic mass is 19.4. The van der Waals surface area contributed by atoms with Crippen molar-refractivity contribution >= 4 is 5.82 Å². The molecule has 0 aliphatic carbocycles. The van der Waals surface area contributed by atoms with Gasteiger partial charge in [-0.3, -0.25) is 10.1 Å². The number of hydrogen-bond acceptors (Lipinski definition) is 3. The van der Waals surface area contributed by atoms with Crippen LogP contribution in [0.25, 0.3) is 11.3 Å². The summed E-state index contributed by atoms with van der Waals surface area (Å²) in [5.41, 5.74) is 4.29. The number of nitrogens with one attached hydrogen (secondary N) is 1. The van der Waals surface area contributed by atoms with Gasteiger partial charge in [0.25, 0.3) is 0 Å². The van der Waals surface area contributed by atoms with Crippen LogP contribution in [0.5, 0.6) is 0 Å². The molecule has 0 aliphatic heterocycles. The molecule has 2 aromatic rings. The van der Waals surface area contributed by atoms with Crippen molar-refractivity contribution in [3.05, 3.63) is 30.1 Å². The predicted octanol–water partition coefficient (Wildman–Crippen LogP) is 2.07. The van der Waals surface area contributed by atoms with Crippen molar-refractivity contribution in [3.63, 3.8) is 0 Å². The maximum atomic E-state index is 12.6. The topological polar surface area (TPSA) is 67.6 Å². The molecule has 2 heterocycles. The molecule has 0 unspecified atom stereocenters. The summed E-state index contributed by atoms with van der Waals surface area (Å²) in [5, 5.41) is 5.26. The monoisotopic (exact) mass is 228 g/mol. The Balaban J connectivity index is 2.61. The fourth-order valence-electron chi connectivity index (χ4n) is 1.33. The van der Waals surface area contributed by atoms with Gasteiger partial charge in [-0.05, 0) is 12.1 Å². The van der Waals surface area contributed by atoms with Crippen molar-refractivity contribution < 1.29 is 13.2 Å². The van der Waals surface area contributed by atoms with E-state index >= 15 is 0 Å². The summed E-state index contributed by atoms with van der Waals surface area (Å²) >= 11 is 0. The fraction of sp³-hybridized carbons (Fsp3) is 0.111. The van der Waals surface area contributed by atoms with Crippen LogP contribution >= 0.6 is 0 Å². The molecule has 3 N–H and O–H groups in total. The number of alkyl halides is 3. The standard InChI is InChI=1S/C9H7F3N4/c10-9(11,12)7-6(8(13)16-15-7)5-3-1-2-4-14-5/h1-4H,(H3,13,15,16). The van der Waals surface area contributed by atoms with Gasteiger partial charge in [-0.2, -0.15) is 18.3 Å². The Morgan fingerprint density at radius 2 is 2.00 bits per heavy atom. The molecule has 0 bridgehead atoms. The van der Waals surface area contributed by atoms with Gasteiger partial charge in [0.05, 0.1) is 11.3 Å². The van der Waals surface area contributed by atoms with Gasteiger partial charge in [0.1, 0.15) is 5.82 Å². The first-order valence-electron chi connectivity index (χ1n) is 4.32. The van der Waals surface area contributed by atoms with E-state index in [0.717, 1.165) is 0 Å². The Bertz CT molecular complexity index is 489. The number of aromatic amines is 1. The van der Waals surface area contributed by atoms with Crippen LogP contribution in [0.1, 0.15) is 5.69 Å². The normalized spacial score (nSPS) is 11.7. The maximum absolute atomic E-state index is 12.6. The van der Waals surface area contributed by atoms with Gasteiger partial charge < -0.3 is 5.73 Å². The molecule has 0 amide bonds. The van der Waals surface area contributed by atoms with E-state index < -0.39 is 11.9 Å². The van der Waals surface area contributed by atoms with Crippen molar-refractivity contribution in [3.8, 4) is 11.3 Å². The largest absolute Gasteiger partial charge is 0.435 e. The SMILES string of the molecule is Nc1[nH]nc(C(F)(F)F)c1-c1ccccn1. The first kappa shape index (κ1) is 10.5.